The highest BCUT2D eigenvalue weighted by Crippen LogP contribution is 2.08. The third-order valence-electron chi connectivity index (χ3n) is 2.48. The predicted molar refractivity (Wildman–Crippen MR) is 55.9 cm³/mol. The second kappa shape index (κ2) is 5.40. The lowest BCUT2D eigenvalue weighted by molar-refractivity contribution is 0.0689. The average molecular weight is 183 g/mol. The van der Waals surface area contributed by atoms with E-state index in [1.807, 2.05) is 0 Å². The van der Waals surface area contributed by atoms with E-state index in [4.69, 9.17) is 4.74 Å². The largest absolute Gasteiger partial charge is 0.377 e. The molecule has 1 rings (SSSR count). The molecule has 13 heavy (non-hydrogen) atoms. The smallest absolute Gasteiger partial charge is 0.0674 e. The molecule has 0 spiro atoms. The van der Waals surface area contributed by atoms with Crippen LogP contribution < -0.4 is 0 Å². The summed E-state index contributed by atoms with van der Waals surface area (Å²) in [6.45, 7) is 12.5. The molecule has 76 valence electrons. The van der Waals surface area contributed by atoms with Crippen molar-refractivity contribution < 1.29 is 4.74 Å². The number of hydrogen-bond donors (Lipinski definition) is 0. The Labute approximate surface area is 81.6 Å². The molecule has 1 saturated heterocycles. The van der Waals surface area contributed by atoms with Crippen LogP contribution in [0.2, 0.25) is 0 Å². The van der Waals surface area contributed by atoms with Crippen molar-refractivity contribution in [1.29, 1.82) is 0 Å². The van der Waals surface area contributed by atoms with Crippen molar-refractivity contribution >= 4 is 0 Å². The maximum absolute atomic E-state index is 5.58. The number of hydrogen-bond acceptors (Lipinski definition) is 2. The molecule has 2 heteroatoms. The zero-order valence-corrected chi connectivity index (χ0v) is 8.88. The summed E-state index contributed by atoms with van der Waals surface area (Å²) >= 11 is 0. The first-order valence-electron chi connectivity index (χ1n) is 5.23. The van der Waals surface area contributed by atoms with Crippen LogP contribution in [0.3, 0.4) is 0 Å². The molecule has 0 aromatic carbocycles. The van der Waals surface area contributed by atoms with Gasteiger partial charge in [-0.15, -0.1) is 0 Å². The van der Waals surface area contributed by atoms with E-state index in [0.29, 0.717) is 6.10 Å². The summed E-state index contributed by atoms with van der Waals surface area (Å²) in [5.74, 6) is 0. The van der Waals surface area contributed by atoms with Gasteiger partial charge in [-0.25, -0.2) is 0 Å². The molecule has 1 heterocycles. The van der Waals surface area contributed by atoms with Crippen molar-refractivity contribution in [1.82, 2.24) is 4.90 Å². The summed E-state index contributed by atoms with van der Waals surface area (Å²) in [7, 11) is 0. The molecule has 0 aromatic heterocycles. The minimum atomic E-state index is 0.382. The highest BCUT2D eigenvalue weighted by atomic mass is 16.5. The molecule has 0 N–H and O–H groups in total. The Hall–Kier alpha value is -0.340. The lowest BCUT2D eigenvalue weighted by Crippen LogP contribution is -2.31. The summed E-state index contributed by atoms with van der Waals surface area (Å²) in [5.41, 5.74) is 1.33. The van der Waals surface area contributed by atoms with Crippen molar-refractivity contribution in [3.63, 3.8) is 0 Å². The topological polar surface area (TPSA) is 12.5 Å². The highest BCUT2D eigenvalue weighted by molar-refractivity contribution is 4.96. The Morgan fingerprint density at radius 2 is 2.38 bits per heavy atom. The van der Waals surface area contributed by atoms with Crippen LogP contribution in [0, 0.1) is 0 Å². The Kier molecular flexibility index (Phi) is 4.46. The molecular formula is C11H21NO. The summed E-state index contributed by atoms with van der Waals surface area (Å²) < 4.78 is 5.58. The maximum atomic E-state index is 5.58. The fourth-order valence-corrected chi connectivity index (χ4v) is 1.65. The number of ether oxygens (including phenoxy) is 1. The minimum Gasteiger partial charge on any atom is -0.377 e. The van der Waals surface area contributed by atoms with Crippen LogP contribution in [-0.4, -0.2) is 37.2 Å². The van der Waals surface area contributed by atoms with Gasteiger partial charge in [0, 0.05) is 26.2 Å². The first-order chi connectivity index (χ1) is 6.22. The van der Waals surface area contributed by atoms with Crippen LogP contribution in [0.4, 0.5) is 0 Å². The first-order valence-corrected chi connectivity index (χ1v) is 5.23. The number of nitrogens with zero attached hydrogens (tertiary/aromatic N) is 1. The molecule has 2 nitrogen and oxygen atoms in total. The lowest BCUT2D eigenvalue weighted by Gasteiger charge is -2.22. The van der Waals surface area contributed by atoms with Gasteiger partial charge in [0.2, 0.25) is 0 Å². The Balaban J connectivity index is 2.34. The van der Waals surface area contributed by atoms with Crippen molar-refractivity contribution in [2.45, 2.75) is 32.8 Å². The highest BCUT2D eigenvalue weighted by Gasteiger charge is 2.14. The van der Waals surface area contributed by atoms with Gasteiger partial charge in [-0.1, -0.05) is 19.1 Å². The molecule has 1 atom stereocenters. The molecule has 1 unspecified atom stereocenters. The van der Waals surface area contributed by atoms with Gasteiger partial charge in [0.05, 0.1) is 6.10 Å². The Bertz CT molecular complexity index is 167. The van der Waals surface area contributed by atoms with Crippen LogP contribution in [0.25, 0.3) is 0 Å². The second-order valence-electron chi connectivity index (χ2n) is 3.87. The van der Waals surface area contributed by atoms with E-state index in [9.17, 15) is 0 Å². The summed E-state index contributed by atoms with van der Waals surface area (Å²) in [6, 6.07) is 0. The van der Waals surface area contributed by atoms with Gasteiger partial charge in [-0.2, -0.15) is 0 Å². The third kappa shape index (κ3) is 3.92. The van der Waals surface area contributed by atoms with Crippen molar-refractivity contribution in [2.24, 2.45) is 0 Å². The standard InChI is InChI=1S/C11H21NO/c1-4-10(2)8-12-6-5-7-13-11(3)9-12/h11H,2,4-9H2,1,3H3. The van der Waals surface area contributed by atoms with Crippen LogP contribution in [0.5, 0.6) is 0 Å². The van der Waals surface area contributed by atoms with Gasteiger partial charge in [0.25, 0.3) is 0 Å². The van der Waals surface area contributed by atoms with E-state index in [0.717, 1.165) is 39.1 Å². The van der Waals surface area contributed by atoms with Gasteiger partial charge in [0.15, 0.2) is 0 Å². The van der Waals surface area contributed by atoms with Gasteiger partial charge in [-0.05, 0) is 19.8 Å². The van der Waals surface area contributed by atoms with Crippen LogP contribution in [0.15, 0.2) is 12.2 Å². The summed E-state index contributed by atoms with van der Waals surface area (Å²) in [5, 5.41) is 0. The van der Waals surface area contributed by atoms with Gasteiger partial charge < -0.3 is 4.74 Å². The van der Waals surface area contributed by atoms with Gasteiger partial charge in [0.1, 0.15) is 0 Å². The Morgan fingerprint density at radius 3 is 3.08 bits per heavy atom. The van der Waals surface area contributed by atoms with Gasteiger partial charge >= 0.3 is 0 Å². The molecule has 0 amide bonds. The zero-order chi connectivity index (χ0) is 9.68. The van der Waals surface area contributed by atoms with Crippen molar-refractivity contribution in [3.05, 3.63) is 12.2 Å². The lowest BCUT2D eigenvalue weighted by atomic mass is 10.2. The minimum absolute atomic E-state index is 0.382. The molecule has 0 radical (unpaired) electrons. The average Bonchev–Trinajstić information content (AvgIpc) is 2.30. The fourth-order valence-electron chi connectivity index (χ4n) is 1.65. The molecule has 0 saturated carbocycles. The molecule has 0 aromatic rings. The van der Waals surface area contributed by atoms with Crippen LogP contribution >= 0.6 is 0 Å². The first kappa shape index (κ1) is 10.7. The summed E-state index contributed by atoms with van der Waals surface area (Å²) in [4.78, 5) is 2.45. The van der Waals surface area contributed by atoms with E-state index < -0.39 is 0 Å². The zero-order valence-electron chi connectivity index (χ0n) is 8.88. The number of rotatable bonds is 3. The molecule has 1 aliphatic heterocycles. The fraction of sp³-hybridized carbons (Fsp3) is 0.818. The predicted octanol–water partition coefficient (Wildman–Crippen LogP) is 2.06. The quantitative estimate of drug-likeness (QED) is 0.621. The van der Waals surface area contributed by atoms with Crippen LogP contribution in [0.1, 0.15) is 26.7 Å². The van der Waals surface area contributed by atoms with E-state index in [2.05, 4.69) is 25.3 Å². The van der Waals surface area contributed by atoms with Crippen LogP contribution in [-0.2, 0) is 4.74 Å². The van der Waals surface area contributed by atoms with E-state index in [1.54, 1.807) is 0 Å². The van der Waals surface area contributed by atoms with Gasteiger partial charge in [-0.3, -0.25) is 4.90 Å². The SMILES string of the molecule is C=C(CC)CN1CCCOC(C)C1. The normalized spacial score (nSPS) is 25.5. The molecular weight excluding hydrogens is 162 g/mol. The van der Waals surface area contributed by atoms with Crippen molar-refractivity contribution in [3.8, 4) is 0 Å². The monoisotopic (exact) mass is 183 g/mol. The third-order valence-corrected chi connectivity index (χ3v) is 2.48. The van der Waals surface area contributed by atoms with E-state index >= 15 is 0 Å². The molecule has 1 fully saturated rings. The van der Waals surface area contributed by atoms with E-state index in [1.165, 1.54) is 5.57 Å². The molecule has 0 aliphatic carbocycles. The van der Waals surface area contributed by atoms with Crippen molar-refractivity contribution in [2.75, 3.05) is 26.2 Å². The summed E-state index contributed by atoms with van der Waals surface area (Å²) in [6.07, 6.45) is 2.62. The Morgan fingerprint density at radius 1 is 1.62 bits per heavy atom. The molecule has 1 aliphatic rings. The maximum Gasteiger partial charge on any atom is 0.0674 e. The molecule has 0 bridgehead atoms. The second-order valence-corrected chi connectivity index (χ2v) is 3.87. The van der Waals surface area contributed by atoms with E-state index in [-0.39, 0.29) is 0 Å².